The molecule has 2 saturated heterocycles. The van der Waals surface area contributed by atoms with Crippen molar-refractivity contribution in [2.24, 2.45) is 10.9 Å². The van der Waals surface area contributed by atoms with Crippen molar-refractivity contribution in [3.8, 4) is 5.75 Å². The number of benzene rings is 1. The smallest absolute Gasteiger partial charge is 0.191 e. The van der Waals surface area contributed by atoms with Gasteiger partial charge in [0.2, 0.25) is 0 Å². The van der Waals surface area contributed by atoms with Gasteiger partial charge in [0.15, 0.2) is 5.96 Å². The van der Waals surface area contributed by atoms with E-state index < -0.39 is 0 Å². The Morgan fingerprint density at radius 2 is 1.94 bits per heavy atom. The van der Waals surface area contributed by atoms with Gasteiger partial charge in [0.05, 0.1) is 25.4 Å². The molecule has 0 amide bonds. The summed E-state index contributed by atoms with van der Waals surface area (Å²) in [7, 11) is 1.81. The van der Waals surface area contributed by atoms with Crippen LogP contribution in [0.3, 0.4) is 0 Å². The van der Waals surface area contributed by atoms with Gasteiger partial charge in [-0.25, -0.2) is 0 Å². The molecule has 33 heavy (non-hydrogen) atoms. The Hall–Kier alpha value is -1.10. The Morgan fingerprint density at radius 1 is 1.21 bits per heavy atom. The summed E-state index contributed by atoms with van der Waals surface area (Å²) in [5, 5.41) is 6.97. The average Bonchev–Trinajstić information content (AvgIpc) is 3.26. The molecule has 2 heterocycles. The molecule has 8 heteroatoms. The number of ether oxygens (including phenoxy) is 3. The minimum absolute atomic E-state index is 0. The maximum Gasteiger partial charge on any atom is 0.191 e. The van der Waals surface area contributed by atoms with E-state index >= 15 is 0 Å². The Labute approximate surface area is 217 Å². The van der Waals surface area contributed by atoms with Crippen LogP contribution >= 0.6 is 24.0 Å². The average molecular weight is 575 g/mol. The monoisotopic (exact) mass is 574 g/mol. The molecule has 2 fully saturated rings. The second kappa shape index (κ2) is 13.1. The Morgan fingerprint density at radius 3 is 2.58 bits per heavy atom. The second-order valence-electron chi connectivity index (χ2n) is 9.91. The molecule has 0 bridgehead atoms. The number of nitrogens with zero attached hydrogens (tertiary/aromatic N) is 2. The van der Waals surface area contributed by atoms with E-state index in [0.717, 1.165) is 56.5 Å². The van der Waals surface area contributed by atoms with Crippen LogP contribution in [0.2, 0.25) is 0 Å². The van der Waals surface area contributed by atoms with E-state index in [1.165, 1.54) is 5.56 Å². The normalized spacial score (nSPS) is 24.3. The van der Waals surface area contributed by atoms with Crippen LogP contribution < -0.4 is 15.4 Å². The number of hydrogen-bond donors (Lipinski definition) is 2. The number of aryl methyl sites for hydroxylation is 1. The maximum atomic E-state index is 6.18. The van der Waals surface area contributed by atoms with Crippen LogP contribution in [0.15, 0.2) is 23.2 Å². The molecule has 0 saturated carbocycles. The second-order valence-corrected chi connectivity index (χ2v) is 9.91. The summed E-state index contributed by atoms with van der Waals surface area (Å²) in [5.74, 6) is 2.22. The van der Waals surface area contributed by atoms with E-state index in [2.05, 4.69) is 73.3 Å². The third kappa shape index (κ3) is 8.56. The number of halogens is 1. The Kier molecular flexibility index (Phi) is 11.2. The number of hydrogen-bond acceptors (Lipinski definition) is 5. The third-order valence-corrected chi connectivity index (χ3v) is 6.36. The first-order valence-corrected chi connectivity index (χ1v) is 11.9. The van der Waals surface area contributed by atoms with Crippen molar-refractivity contribution in [2.75, 3.05) is 46.5 Å². The lowest BCUT2D eigenvalue weighted by Gasteiger charge is -2.45. The Bertz CT molecular complexity index is 758. The molecule has 1 aromatic rings. The van der Waals surface area contributed by atoms with Crippen LogP contribution in [0.1, 0.15) is 45.2 Å². The van der Waals surface area contributed by atoms with Gasteiger partial charge in [-0.15, -0.1) is 24.0 Å². The molecule has 7 nitrogen and oxygen atoms in total. The number of aliphatic imine (C=N–C) groups is 1. The summed E-state index contributed by atoms with van der Waals surface area (Å²) in [6.45, 7) is 16.6. The van der Waals surface area contributed by atoms with E-state index in [1.807, 2.05) is 7.05 Å². The number of nitrogens with one attached hydrogen (secondary N) is 2. The lowest BCUT2D eigenvalue weighted by Crippen LogP contribution is -2.59. The predicted octanol–water partition coefficient (Wildman–Crippen LogP) is 3.58. The highest BCUT2D eigenvalue weighted by Crippen LogP contribution is 2.23. The van der Waals surface area contributed by atoms with E-state index in [1.54, 1.807) is 0 Å². The highest BCUT2D eigenvalue weighted by Gasteiger charge is 2.33. The number of rotatable bonds is 8. The van der Waals surface area contributed by atoms with Gasteiger partial charge >= 0.3 is 0 Å². The van der Waals surface area contributed by atoms with Gasteiger partial charge in [-0.3, -0.25) is 9.89 Å². The van der Waals surface area contributed by atoms with Crippen molar-refractivity contribution in [1.29, 1.82) is 0 Å². The van der Waals surface area contributed by atoms with Crippen molar-refractivity contribution in [3.05, 3.63) is 29.3 Å². The first-order valence-electron chi connectivity index (χ1n) is 11.9. The zero-order valence-electron chi connectivity index (χ0n) is 21.1. The zero-order valence-corrected chi connectivity index (χ0v) is 23.5. The van der Waals surface area contributed by atoms with E-state index in [-0.39, 0.29) is 41.7 Å². The van der Waals surface area contributed by atoms with E-state index in [0.29, 0.717) is 19.1 Å². The van der Waals surface area contributed by atoms with Crippen molar-refractivity contribution in [2.45, 2.75) is 65.3 Å². The molecular formula is C25H43IN4O3. The molecule has 2 aliphatic rings. The summed E-state index contributed by atoms with van der Waals surface area (Å²) in [6.07, 6.45) is 1.59. The molecule has 0 spiro atoms. The van der Waals surface area contributed by atoms with Crippen LogP contribution in [0, 0.1) is 12.8 Å². The molecule has 188 valence electrons. The minimum atomic E-state index is -0.00853. The summed E-state index contributed by atoms with van der Waals surface area (Å²) in [6, 6.07) is 6.38. The molecule has 0 aliphatic carbocycles. The molecule has 3 atom stereocenters. The van der Waals surface area contributed by atoms with Gasteiger partial charge in [-0.05, 0) is 52.7 Å². The topological polar surface area (TPSA) is 67.4 Å². The predicted molar refractivity (Wildman–Crippen MR) is 145 cm³/mol. The maximum absolute atomic E-state index is 6.18. The molecule has 1 aromatic carbocycles. The summed E-state index contributed by atoms with van der Waals surface area (Å²) >= 11 is 0. The highest BCUT2D eigenvalue weighted by molar-refractivity contribution is 14.0. The quantitative estimate of drug-likeness (QED) is 0.281. The fourth-order valence-electron chi connectivity index (χ4n) is 4.35. The first kappa shape index (κ1) is 28.1. The fraction of sp³-hybridized carbons (Fsp3) is 0.720. The highest BCUT2D eigenvalue weighted by atomic mass is 127. The van der Waals surface area contributed by atoms with Crippen LogP contribution in [-0.4, -0.2) is 75.1 Å². The van der Waals surface area contributed by atoms with Gasteiger partial charge in [0.1, 0.15) is 5.75 Å². The molecule has 0 radical (unpaired) electrons. The largest absolute Gasteiger partial charge is 0.493 e. The van der Waals surface area contributed by atoms with Crippen molar-refractivity contribution in [3.63, 3.8) is 0 Å². The number of guanidine groups is 1. The van der Waals surface area contributed by atoms with Gasteiger partial charge in [0.25, 0.3) is 0 Å². The first-order chi connectivity index (χ1) is 15.3. The standard InChI is InChI=1S/C25H42N4O3.HI/c1-18-7-8-22(23(11-18)31-16-21-9-10-30-15-21)12-27-24(26-6)28-17-25(4,5)29-13-19(2)32-20(3)14-29;/h7-8,11,19-21H,9-10,12-17H2,1-6H3,(H2,26,27,28);1H. The summed E-state index contributed by atoms with van der Waals surface area (Å²) in [4.78, 5) is 6.94. The number of morpholine rings is 1. The summed E-state index contributed by atoms with van der Waals surface area (Å²) in [5.41, 5.74) is 2.32. The molecule has 2 N–H and O–H groups in total. The van der Waals surface area contributed by atoms with Crippen molar-refractivity contribution >= 4 is 29.9 Å². The molecular weight excluding hydrogens is 531 g/mol. The van der Waals surface area contributed by atoms with Crippen molar-refractivity contribution < 1.29 is 14.2 Å². The van der Waals surface area contributed by atoms with Crippen LogP contribution in [0.5, 0.6) is 5.75 Å². The molecule has 3 rings (SSSR count). The van der Waals surface area contributed by atoms with Crippen LogP contribution in [0.25, 0.3) is 0 Å². The molecule has 0 aromatic heterocycles. The van der Waals surface area contributed by atoms with Crippen LogP contribution in [0.4, 0.5) is 0 Å². The van der Waals surface area contributed by atoms with Crippen molar-refractivity contribution in [1.82, 2.24) is 15.5 Å². The molecule has 2 aliphatic heterocycles. The Balaban J connectivity index is 0.00000385. The minimum Gasteiger partial charge on any atom is -0.493 e. The lowest BCUT2D eigenvalue weighted by atomic mass is 10.00. The van der Waals surface area contributed by atoms with E-state index in [4.69, 9.17) is 14.2 Å². The summed E-state index contributed by atoms with van der Waals surface area (Å²) < 4.78 is 17.6. The fourth-order valence-corrected chi connectivity index (χ4v) is 4.35. The zero-order chi connectivity index (χ0) is 23.1. The SMILES string of the molecule is CN=C(NCc1ccc(C)cc1OCC1CCOC1)NCC(C)(C)N1CC(C)OC(C)C1.I. The van der Waals surface area contributed by atoms with Gasteiger partial charge in [-0.2, -0.15) is 0 Å². The lowest BCUT2D eigenvalue weighted by molar-refractivity contribution is -0.0946. The molecule has 3 unspecified atom stereocenters. The van der Waals surface area contributed by atoms with Crippen LogP contribution in [-0.2, 0) is 16.0 Å². The van der Waals surface area contributed by atoms with E-state index in [9.17, 15) is 0 Å². The van der Waals surface area contributed by atoms with Gasteiger partial charge < -0.3 is 24.8 Å². The van der Waals surface area contributed by atoms with Gasteiger partial charge in [0, 0.05) is 56.9 Å². The van der Waals surface area contributed by atoms with Gasteiger partial charge in [-0.1, -0.05) is 12.1 Å². The third-order valence-electron chi connectivity index (χ3n) is 6.36.